The first kappa shape index (κ1) is 18.7. The third kappa shape index (κ3) is 8.02. The van der Waals surface area contributed by atoms with Crippen LogP contribution in [0, 0.1) is 5.92 Å². The Hall–Kier alpha value is -0.330. The van der Waals surface area contributed by atoms with Crippen molar-refractivity contribution in [2.75, 3.05) is 40.3 Å². The van der Waals surface area contributed by atoms with Gasteiger partial charge in [-0.25, -0.2) is 0 Å². The average Bonchev–Trinajstić information content (AvgIpc) is 2.33. The summed E-state index contributed by atoms with van der Waals surface area (Å²) < 4.78 is 37.0. The lowest BCUT2D eigenvalue weighted by Crippen LogP contribution is -2.48. The van der Waals surface area contributed by atoms with Crippen molar-refractivity contribution in [3.8, 4) is 0 Å². The van der Waals surface area contributed by atoms with Gasteiger partial charge in [0.25, 0.3) is 0 Å². The van der Waals surface area contributed by atoms with Gasteiger partial charge in [0, 0.05) is 18.6 Å². The molecule has 0 amide bonds. The summed E-state index contributed by atoms with van der Waals surface area (Å²) in [6.45, 7) is 5.64. The molecule has 1 heterocycles. The second-order valence-corrected chi connectivity index (χ2v) is 6.82. The van der Waals surface area contributed by atoms with E-state index in [4.69, 9.17) is 0 Å². The molecule has 0 aromatic heterocycles. The van der Waals surface area contributed by atoms with E-state index in [0.29, 0.717) is 31.1 Å². The summed E-state index contributed by atoms with van der Waals surface area (Å²) in [6.07, 6.45) is -1.34. The highest BCUT2D eigenvalue weighted by Crippen LogP contribution is 2.20. The summed E-state index contributed by atoms with van der Waals surface area (Å²) in [6, 6.07) is 0.835. The molecule has 1 atom stereocenters. The highest BCUT2D eigenvalue weighted by atomic mass is 19.4. The molecular weight excluding hydrogens is 279 g/mol. The van der Waals surface area contributed by atoms with Crippen LogP contribution in [0.15, 0.2) is 0 Å². The Bertz CT molecular complexity index is 284. The number of alkyl halides is 3. The van der Waals surface area contributed by atoms with Gasteiger partial charge in [0.1, 0.15) is 0 Å². The van der Waals surface area contributed by atoms with Crippen LogP contribution in [0.3, 0.4) is 0 Å². The zero-order valence-electron chi connectivity index (χ0n) is 13.7. The fourth-order valence-corrected chi connectivity index (χ4v) is 2.87. The van der Waals surface area contributed by atoms with Crippen LogP contribution >= 0.6 is 0 Å². The van der Waals surface area contributed by atoms with Crippen molar-refractivity contribution >= 4 is 0 Å². The molecule has 1 fully saturated rings. The molecule has 1 saturated heterocycles. The van der Waals surface area contributed by atoms with E-state index in [1.807, 2.05) is 0 Å². The van der Waals surface area contributed by atoms with Crippen LogP contribution in [0.2, 0.25) is 0 Å². The highest BCUT2D eigenvalue weighted by molar-refractivity contribution is 4.81. The highest BCUT2D eigenvalue weighted by Gasteiger charge is 2.32. The smallest absolute Gasteiger partial charge is 0.312 e. The lowest BCUT2D eigenvalue weighted by atomic mass is 10.0. The van der Waals surface area contributed by atoms with Crippen LogP contribution in [-0.2, 0) is 0 Å². The zero-order chi connectivity index (χ0) is 16.0. The molecule has 1 unspecified atom stereocenters. The van der Waals surface area contributed by atoms with Gasteiger partial charge in [-0.15, -0.1) is 0 Å². The number of nitrogens with one attached hydrogen (secondary N) is 1. The second kappa shape index (κ2) is 8.34. The van der Waals surface area contributed by atoms with Crippen LogP contribution in [0.1, 0.15) is 33.1 Å². The molecule has 126 valence electrons. The molecule has 1 aliphatic rings. The Labute approximate surface area is 126 Å². The Morgan fingerprint density at radius 1 is 1.19 bits per heavy atom. The van der Waals surface area contributed by atoms with E-state index in [-0.39, 0.29) is 0 Å². The lowest BCUT2D eigenvalue weighted by Gasteiger charge is -2.34. The Balaban J connectivity index is 2.28. The van der Waals surface area contributed by atoms with Gasteiger partial charge in [0.2, 0.25) is 0 Å². The van der Waals surface area contributed by atoms with E-state index in [0.717, 1.165) is 25.8 Å². The third-order valence-electron chi connectivity index (χ3n) is 4.11. The quantitative estimate of drug-likeness (QED) is 0.780. The monoisotopic (exact) mass is 309 g/mol. The van der Waals surface area contributed by atoms with Crippen molar-refractivity contribution in [3.63, 3.8) is 0 Å². The van der Waals surface area contributed by atoms with E-state index in [1.54, 1.807) is 0 Å². The number of rotatable bonds is 7. The lowest BCUT2D eigenvalue weighted by molar-refractivity contribution is -0.148. The Morgan fingerprint density at radius 3 is 2.19 bits per heavy atom. The van der Waals surface area contributed by atoms with Crippen molar-refractivity contribution in [1.29, 1.82) is 0 Å². The average molecular weight is 309 g/mol. The van der Waals surface area contributed by atoms with Crippen LogP contribution in [0.4, 0.5) is 13.2 Å². The van der Waals surface area contributed by atoms with Gasteiger partial charge < -0.3 is 10.2 Å². The maximum absolute atomic E-state index is 12.3. The number of halogens is 3. The minimum Gasteiger partial charge on any atom is -0.312 e. The SMILES string of the molecule is CC(C)CC(CNC1CCN(CC(F)(F)F)CC1)N(C)C. The fraction of sp³-hybridized carbons (Fsp3) is 1.00. The summed E-state index contributed by atoms with van der Waals surface area (Å²) in [4.78, 5) is 3.74. The first-order valence-corrected chi connectivity index (χ1v) is 7.86. The molecule has 0 aromatic carbocycles. The van der Waals surface area contributed by atoms with Crippen LogP contribution in [-0.4, -0.2) is 68.3 Å². The summed E-state index contributed by atoms with van der Waals surface area (Å²) in [5.41, 5.74) is 0. The molecule has 6 heteroatoms. The van der Waals surface area contributed by atoms with E-state index >= 15 is 0 Å². The predicted molar refractivity (Wildman–Crippen MR) is 80.4 cm³/mol. The molecule has 0 spiro atoms. The number of likely N-dealkylation sites (N-methyl/N-ethyl adjacent to an activating group) is 1. The van der Waals surface area contributed by atoms with Crippen molar-refractivity contribution in [2.24, 2.45) is 5.92 Å². The number of hydrogen-bond donors (Lipinski definition) is 1. The van der Waals surface area contributed by atoms with E-state index in [9.17, 15) is 13.2 Å². The molecule has 3 nitrogen and oxygen atoms in total. The Morgan fingerprint density at radius 2 is 1.76 bits per heavy atom. The molecule has 0 aromatic rings. The molecule has 1 rings (SSSR count). The fourth-order valence-electron chi connectivity index (χ4n) is 2.87. The van der Waals surface area contributed by atoms with Gasteiger partial charge in [-0.1, -0.05) is 13.8 Å². The number of piperidine rings is 1. The van der Waals surface area contributed by atoms with Gasteiger partial charge in [0.05, 0.1) is 6.54 Å². The number of nitrogens with zero attached hydrogens (tertiary/aromatic N) is 2. The maximum Gasteiger partial charge on any atom is 0.401 e. The molecule has 21 heavy (non-hydrogen) atoms. The summed E-state index contributed by atoms with van der Waals surface area (Å²) in [5.74, 6) is 0.646. The Kier molecular flexibility index (Phi) is 7.44. The first-order chi connectivity index (χ1) is 9.67. The van der Waals surface area contributed by atoms with Crippen molar-refractivity contribution in [3.05, 3.63) is 0 Å². The number of hydrogen-bond acceptors (Lipinski definition) is 3. The second-order valence-electron chi connectivity index (χ2n) is 6.82. The molecule has 0 aliphatic carbocycles. The number of likely N-dealkylation sites (tertiary alicyclic amines) is 1. The summed E-state index contributed by atoms with van der Waals surface area (Å²) >= 11 is 0. The van der Waals surface area contributed by atoms with Crippen molar-refractivity contribution < 1.29 is 13.2 Å². The van der Waals surface area contributed by atoms with Crippen molar-refractivity contribution in [1.82, 2.24) is 15.1 Å². The van der Waals surface area contributed by atoms with Gasteiger partial charge in [-0.2, -0.15) is 13.2 Å². The molecule has 1 N–H and O–H groups in total. The normalized spacial score (nSPS) is 20.4. The van der Waals surface area contributed by atoms with Gasteiger partial charge in [-0.05, 0) is 52.4 Å². The minimum atomic E-state index is -4.08. The minimum absolute atomic E-state index is 0.351. The van der Waals surface area contributed by atoms with E-state index in [1.165, 1.54) is 4.90 Å². The molecular formula is C15H30F3N3. The maximum atomic E-state index is 12.3. The molecule has 0 bridgehead atoms. The standard InChI is InChI=1S/C15H30F3N3/c1-12(2)9-14(20(3)4)10-19-13-5-7-21(8-6-13)11-15(16,17)18/h12-14,19H,5-11H2,1-4H3. The van der Waals surface area contributed by atoms with E-state index in [2.05, 4.69) is 38.2 Å². The van der Waals surface area contributed by atoms with Crippen molar-refractivity contribution in [2.45, 2.75) is 51.4 Å². The van der Waals surface area contributed by atoms with Gasteiger partial charge >= 0.3 is 6.18 Å². The van der Waals surface area contributed by atoms with Gasteiger partial charge in [0.15, 0.2) is 0 Å². The largest absolute Gasteiger partial charge is 0.401 e. The predicted octanol–water partition coefficient (Wildman–Crippen LogP) is 2.58. The van der Waals surface area contributed by atoms with E-state index < -0.39 is 12.7 Å². The van der Waals surface area contributed by atoms with Crippen LogP contribution in [0.5, 0.6) is 0 Å². The molecule has 0 saturated carbocycles. The topological polar surface area (TPSA) is 18.5 Å². The van der Waals surface area contributed by atoms with Crippen LogP contribution in [0.25, 0.3) is 0 Å². The van der Waals surface area contributed by atoms with Crippen LogP contribution < -0.4 is 5.32 Å². The summed E-state index contributed by atoms with van der Waals surface area (Å²) in [5, 5.41) is 3.54. The third-order valence-corrected chi connectivity index (χ3v) is 4.11. The first-order valence-electron chi connectivity index (χ1n) is 7.86. The molecule has 1 aliphatic heterocycles. The molecule has 0 radical (unpaired) electrons. The van der Waals surface area contributed by atoms with Gasteiger partial charge in [-0.3, -0.25) is 4.90 Å². The summed E-state index contributed by atoms with van der Waals surface area (Å²) in [7, 11) is 4.17. The zero-order valence-corrected chi connectivity index (χ0v) is 13.7.